The van der Waals surface area contributed by atoms with E-state index in [-0.39, 0.29) is 5.28 Å². The zero-order valence-corrected chi connectivity index (χ0v) is 11.3. The molecule has 0 atom stereocenters. The Morgan fingerprint density at radius 3 is 2.63 bits per heavy atom. The van der Waals surface area contributed by atoms with Gasteiger partial charge in [0.25, 0.3) is 0 Å². The summed E-state index contributed by atoms with van der Waals surface area (Å²) < 4.78 is 0. The predicted octanol–water partition coefficient (Wildman–Crippen LogP) is 4.68. The standard InChI is InChI=1S/C14H9Cl2N3/c15-11-8-17-14(16)19-13(11)18-12-7-3-5-9-4-1-2-6-10(9)12/h1-8H,(H,17,18,19). The molecule has 1 heterocycles. The van der Waals surface area contributed by atoms with Crippen molar-refractivity contribution in [3.63, 3.8) is 0 Å². The number of hydrogen-bond donors (Lipinski definition) is 1. The van der Waals surface area contributed by atoms with E-state index < -0.39 is 0 Å². The minimum atomic E-state index is 0.159. The Morgan fingerprint density at radius 2 is 1.74 bits per heavy atom. The molecule has 5 heteroatoms. The predicted molar refractivity (Wildman–Crippen MR) is 79.3 cm³/mol. The summed E-state index contributed by atoms with van der Waals surface area (Å²) in [5, 5.41) is 6.01. The van der Waals surface area contributed by atoms with E-state index in [4.69, 9.17) is 23.2 Å². The van der Waals surface area contributed by atoms with Gasteiger partial charge in [-0.2, -0.15) is 4.98 Å². The average molecular weight is 290 g/mol. The summed E-state index contributed by atoms with van der Waals surface area (Å²) in [6.45, 7) is 0. The van der Waals surface area contributed by atoms with Crippen molar-refractivity contribution in [3.8, 4) is 0 Å². The van der Waals surface area contributed by atoms with E-state index in [0.717, 1.165) is 16.5 Å². The Labute approximate surface area is 120 Å². The fraction of sp³-hybridized carbons (Fsp3) is 0. The van der Waals surface area contributed by atoms with E-state index in [2.05, 4.69) is 27.4 Å². The van der Waals surface area contributed by atoms with Crippen LogP contribution < -0.4 is 5.32 Å². The van der Waals surface area contributed by atoms with Crippen molar-refractivity contribution in [3.05, 3.63) is 59.0 Å². The lowest BCUT2D eigenvalue weighted by atomic mass is 10.1. The van der Waals surface area contributed by atoms with Crippen molar-refractivity contribution in [1.82, 2.24) is 9.97 Å². The van der Waals surface area contributed by atoms with E-state index in [1.165, 1.54) is 6.20 Å². The maximum Gasteiger partial charge on any atom is 0.224 e. The largest absolute Gasteiger partial charge is 0.338 e. The maximum atomic E-state index is 6.05. The first-order valence-electron chi connectivity index (χ1n) is 5.67. The molecule has 3 aromatic rings. The molecule has 0 spiro atoms. The highest BCUT2D eigenvalue weighted by atomic mass is 35.5. The second-order valence-corrected chi connectivity index (χ2v) is 4.73. The van der Waals surface area contributed by atoms with Gasteiger partial charge in [0.05, 0.1) is 6.20 Å². The van der Waals surface area contributed by atoms with Gasteiger partial charge >= 0.3 is 0 Å². The first-order valence-corrected chi connectivity index (χ1v) is 6.42. The van der Waals surface area contributed by atoms with Crippen LogP contribution in [0.15, 0.2) is 48.7 Å². The molecule has 3 rings (SSSR count). The van der Waals surface area contributed by atoms with Gasteiger partial charge in [0.2, 0.25) is 5.28 Å². The van der Waals surface area contributed by atoms with Gasteiger partial charge in [-0.25, -0.2) is 4.98 Å². The first kappa shape index (κ1) is 12.2. The van der Waals surface area contributed by atoms with Crippen LogP contribution in [0.2, 0.25) is 10.3 Å². The molecule has 0 aliphatic carbocycles. The summed E-state index contributed by atoms with van der Waals surface area (Å²) in [7, 11) is 0. The molecule has 19 heavy (non-hydrogen) atoms. The molecule has 1 aromatic heterocycles. The molecule has 0 radical (unpaired) electrons. The molecular formula is C14H9Cl2N3. The van der Waals surface area contributed by atoms with Crippen molar-refractivity contribution in [2.24, 2.45) is 0 Å². The third-order valence-corrected chi connectivity index (χ3v) is 3.22. The minimum Gasteiger partial charge on any atom is -0.338 e. The number of benzene rings is 2. The summed E-state index contributed by atoms with van der Waals surface area (Å²) in [5.74, 6) is 0.498. The van der Waals surface area contributed by atoms with E-state index in [9.17, 15) is 0 Å². The summed E-state index contributed by atoms with van der Waals surface area (Å²) in [5.41, 5.74) is 0.926. The van der Waals surface area contributed by atoms with Gasteiger partial charge in [-0.15, -0.1) is 0 Å². The molecule has 3 nitrogen and oxygen atoms in total. The summed E-state index contributed by atoms with van der Waals surface area (Å²) in [4.78, 5) is 7.91. The van der Waals surface area contributed by atoms with Crippen LogP contribution in [0.4, 0.5) is 11.5 Å². The monoisotopic (exact) mass is 289 g/mol. The van der Waals surface area contributed by atoms with Gasteiger partial charge in [-0.3, -0.25) is 0 Å². The Morgan fingerprint density at radius 1 is 0.947 bits per heavy atom. The topological polar surface area (TPSA) is 37.8 Å². The molecule has 0 saturated carbocycles. The van der Waals surface area contributed by atoms with Crippen LogP contribution in [0, 0.1) is 0 Å². The molecule has 0 aliphatic heterocycles. The Kier molecular flexibility index (Phi) is 3.23. The summed E-state index contributed by atoms with van der Waals surface area (Å²) in [6.07, 6.45) is 1.48. The van der Waals surface area contributed by atoms with E-state index in [1.807, 2.05) is 30.3 Å². The SMILES string of the molecule is Clc1ncc(Cl)c(Nc2cccc3ccccc23)n1. The van der Waals surface area contributed by atoms with Crippen LogP contribution in [-0.4, -0.2) is 9.97 Å². The molecule has 1 N–H and O–H groups in total. The summed E-state index contributed by atoms with van der Waals surface area (Å²) >= 11 is 11.8. The molecule has 0 unspecified atom stereocenters. The number of fused-ring (bicyclic) bond motifs is 1. The van der Waals surface area contributed by atoms with Crippen molar-refractivity contribution in [1.29, 1.82) is 0 Å². The average Bonchev–Trinajstić information content (AvgIpc) is 2.43. The smallest absolute Gasteiger partial charge is 0.224 e. The van der Waals surface area contributed by atoms with Crippen LogP contribution in [-0.2, 0) is 0 Å². The van der Waals surface area contributed by atoms with Crippen LogP contribution in [0.3, 0.4) is 0 Å². The number of aromatic nitrogens is 2. The molecular weight excluding hydrogens is 281 g/mol. The van der Waals surface area contributed by atoms with Crippen LogP contribution in [0.1, 0.15) is 0 Å². The lowest BCUT2D eigenvalue weighted by molar-refractivity contribution is 1.17. The number of rotatable bonds is 2. The van der Waals surface area contributed by atoms with Gasteiger partial charge in [0.1, 0.15) is 5.02 Å². The molecule has 94 valence electrons. The Balaban J connectivity index is 2.08. The number of anilines is 2. The van der Waals surface area contributed by atoms with Crippen molar-refractivity contribution in [2.45, 2.75) is 0 Å². The van der Waals surface area contributed by atoms with Gasteiger partial charge in [0, 0.05) is 11.1 Å². The van der Waals surface area contributed by atoms with E-state index >= 15 is 0 Å². The molecule has 0 saturated heterocycles. The zero-order chi connectivity index (χ0) is 13.2. The molecule has 0 amide bonds. The lowest BCUT2D eigenvalue weighted by Gasteiger charge is -2.10. The molecule has 0 fully saturated rings. The van der Waals surface area contributed by atoms with Crippen LogP contribution >= 0.6 is 23.2 Å². The fourth-order valence-corrected chi connectivity index (χ4v) is 2.17. The molecule has 0 bridgehead atoms. The Hall–Kier alpha value is -1.84. The normalized spacial score (nSPS) is 10.6. The van der Waals surface area contributed by atoms with Crippen LogP contribution in [0.25, 0.3) is 10.8 Å². The highest BCUT2D eigenvalue weighted by Gasteiger charge is 2.06. The van der Waals surface area contributed by atoms with Crippen LogP contribution in [0.5, 0.6) is 0 Å². The van der Waals surface area contributed by atoms with E-state index in [1.54, 1.807) is 0 Å². The molecule has 0 aliphatic rings. The summed E-state index contributed by atoms with van der Waals surface area (Å²) in [6, 6.07) is 14.1. The molecule has 2 aromatic carbocycles. The van der Waals surface area contributed by atoms with Crippen molar-refractivity contribution >= 4 is 45.5 Å². The third-order valence-electron chi connectivity index (χ3n) is 2.76. The number of nitrogens with zero attached hydrogens (tertiary/aromatic N) is 2. The van der Waals surface area contributed by atoms with Gasteiger partial charge in [0.15, 0.2) is 5.82 Å². The van der Waals surface area contributed by atoms with Crippen molar-refractivity contribution < 1.29 is 0 Å². The third kappa shape index (κ3) is 2.48. The zero-order valence-electron chi connectivity index (χ0n) is 9.77. The van der Waals surface area contributed by atoms with Gasteiger partial charge < -0.3 is 5.32 Å². The highest BCUT2D eigenvalue weighted by molar-refractivity contribution is 6.33. The minimum absolute atomic E-state index is 0.159. The van der Waals surface area contributed by atoms with E-state index in [0.29, 0.717) is 10.8 Å². The lowest BCUT2D eigenvalue weighted by Crippen LogP contribution is -1.96. The number of halogens is 2. The fourth-order valence-electron chi connectivity index (χ4n) is 1.90. The number of hydrogen-bond acceptors (Lipinski definition) is 3. The Bertz CT molecular complexity index is 738. The second kappa shape index (κ2) is 5.03. The van der Waals surface area contributed by atoms with Gasteiger partial charge in [-0.1, -0.05) is 48.0 Å². The first-order chi connectivity index (χ1) is 9.24. The highest BCUT2D eigenvalue weighted by Crippen LogP contribution is 2.28. The maximum absolute atomic E-state index is 6.05. The quantitative estimate of drug-likeness (QED) is 0.696. The number of nitrogens with one attached hydrogen (secondary N) is 1. The van der Waals surface area contributed by atoms with Crippen molar-refractivity contribution in [2.75, 3.05) is 5.32 Å². The second-order valence-electron chi connectivity index (χ2n) is 3.99. The van der Waals surface area contributed by atoms with Gasteiger partial charge in [-0.05, 0) is 23.1 Å².